The van der Waals surface area contributed by atoms with Crippen LogP contribution >= 0.6 is 11.8 Å². The van der Waals surface area contributed by atoms with Gasteiger partial charge in [0.05, 0.1) is 12.7 Å². The molecule has 1 aliphatic heterocycles. The molecule has 0 aromatic carbocycles. The Kier molecular flexibility index (Phi) is 2.97. The van der Waals surface area contributed by atoms with Gasteiger partial charge in [-0.15, -0.1) is 11.8 Å². The topological polar surface area (TPSA) is 49.7 Å². The van der Waals surface area contributed by atoms with E-state index in [9.17, 15) is 0 Å². The molecule has 0 saturated carbocycles. The number of aliphatic hydroxyl groups is 2. The first-order chi connectivity index (χ1) is 4.74. The smallest absolute Gasteiger partial charge is 0.105 e. The summed E-state index contributed by atoms with van der Waals surface area (Å²) in [6.45, 7) is 0.257. The van der Waals surface area contributed by atoms with E-state index in [4.69, 9.17) is 14.9 Å². The molecule has 1 rings (SSSR count). The van der Waals surface area contributed by atoms with Crippen LogP contribution < -0.4 is 0 Å². The van der Waals surface area contributed by atoms with Crippen molar-refractivity contribution in [2.24, 2.45) is 0 Å². The summed E-state index contributed by atoms with van der Waals surface area (Å²) < 4.78 is 5.16. The van der Waals surface area contributed by atoms with Crippen LogP contribution in [0.3, 0.4) is 0 Å². The summed E-state index contributed by atoms with van der Waals surface area (Å²) >= 11 is 1.56. The molecule has 0 aliphatic carbocycles. The Balaban J connectivity index is 2.33. The highest BCUT2D eigenvalue weighted by Crippen LogP contribution is 2.21. The van der Waals surface area contributed by atoms with Crippen LogP contribution in [0, 0.1) is 0 Å². The average Bonchev–Trinajstić information content (AvgIpc) is 1.95. The zero-order chi connectivity index (χ0) is 7.56. The minimum atomic E-state index is -0.691. The van der Waals surface area contributed by atoms with Crippen molar-refractivity contribution in [1.29, 1.82) is 0 Å². The van der Waals surface area contributed by atoms with Gasteiger partial charge in [0.2, 0.25) is 0 Å². The third-order valence-corrected chi connectivity index (χ3v) is 2.45. The Morgan fingerprint density at radius 1 is 1.40 bits per heavy atom. The van der Waals surface area contributed by atoms with Gasteiger partial charge in [0, 0.05) is 6.42 Å². The maximum absolute atomic E-state index is 9.14. The Morgan fingerprint density at radius 2 is 2.10 bits per heavy atom. The first-order valence-electron chi connectivity index (χ1n) is 3.24. The molecular formula is C6H12O3S. The lowest BCUT2D eigenvalue weighted by Crippen LogP contribution is -2.39. The lowest BCUT2D eigenvalue weighted by atomic mass is 10.1. The third-order valence-electron chi connectivity index (χ3n) is 1.59. The van der Waals surface area contributed by atoms with Gasteiger partial charge in [0.15, 0.2) is 0 Å². The molecule has 0 amide bonds. The van der Waals surface area contributed by atoms with Crippen LogP contribution in [0.2, 0.25) is 0 Å². The molecule has 1 aliphatic rings. The molecule has 3 atom stereocenters. The zero-order valence-corrected chi connectivity index (χ0v) is 6.67. The van der Waals surface area contributed by atoms with Crippen LogP contribution in [-0.4, -0.2) is 40.7 Å². The first-order valence-corrected chi connectivity index (χ1v) is 4.53. The van der Waals surface area contributed by atoms with Crippen molar-refractivity contribution in [3.63, 3.8) is 0 Å². The maximum atomic E-state index is 9.14. The highest BCUT2D eigenvalue weighted by atomic mass is 32.2. The molecule has 3 nitrogen and oxygen atoms in total. The summed E-state index contributed by atoms with van der Waals surface area (Å²) in [7, 11) is 0. The standard InChI is InChI=1S/C6H12O3S/c1-10-6-2-4(7)5(8)3-9-6/h4-8H,2-3H2,1H3/t4-,5+,6-/m1/s1. The SMILES string of the molecule is CS[C@@H]1C[C@@H](O)[C@@H](O)CO1. The van der Waals surface area contributed by atoms with Crippen molar-refractivity contribution in [2.45, 2.75) is 24.1 Å². The Labute approximate surface area is 64.4 Å². The highest BCUT2D eigenvalue weighted by molar-refractivity contribution is 7.99. The van der Waals surface area contributed by atoms with Crippen LogP contribution in [0.4, 0.5) is 0 Å². The number of aliphatic hydroxyl groups excluding tert-OH is 2. The largest absolute Gasteiger partial charge is 0.390 e. The second-order valence-corrected chi connectivity index (χ2v) is 3.37. The molecule has 0 radical (unpaired) electrons. The molecule has 1 fully saturated rings. The number of rotatable bonds is 1. The van der Waals surface area contributed by atoms with Crippen LogP contribution in [0.1, 0.15) is 6.42 Å². The lowest BCUT2D eigenvalue weighted by Gasteiger charge is -2.29. The average molecular weight is 164 g/mol. The molecule has 2 N–H and O–H groups in total. The fourth-order valence-electron chi connectivity index (χ4n) is 0.904. The van der Waals surface area contributed by atoms with Crippen LogP contribution in [0.15, 0.2) is 0 Å². The summed E-state index contributed by atoms with van der Waals surface area (Å²) in [6, 6.07) is 0. The Hall–Kier alpha value is 0.230. The molecule has 0 unspecified atom stereocenters. The Morgan fingerprint density at radius 3 is 2.60 bits per heavy atom. The van der Waals surface area contributed by atoms with Gasteiger partial charge in [0.25, 0.3) is 0 Å². The van der Waals surface area contributed by atoms with Crippen molar-refractivity contribution in [1.82, 2.24) is 0 Å². The number of hydrogen-bond donors (Lipinski definition) is 2. The van der Waals surface area contributed by atoms with E-state index < -0.39 is 12.2 Å². The fraction of sp³-hybridized carbons (Fsp3) is 1.00. The second-order valence-electron chi connectivity index (χ2n) is 2.37. The minimum Gasteiger partial charge on any atom is -0.390 e. The molecule has 0 spiro atoms. The quantitative estimate of drug-likeness (QED) is 0.564. The highest BCUT2D eigenvalue weighted by Gasteiger charge is 2.27. The summed E-state index contributed by atoms with van der Waals surface area (Å²) in [6.07, 6.45) is 1.16. The van der Waals surface area contributed by atoms with E-state index in [2.05, 4.69) is 0 Å². The third kappa shape index (κ3) is 1.85. The number of thioether (sulfide) groups is 1. The van der Waals surface area contributed by atoms with Crippen LogP contribution in [0.25, 0.3) is 0 Å². The predicted molar refractivity (Wildman–Crippen MR) is 39.9 cm³/mol. The van der Waals surface area contributed by atoms with Crippen LogP contribution in [-0.2, 0) is 4.74 Å². The molecule has 0 aromatic rings. The predicted octanol–water partition coefficient (Wildman–Crippen LogP) is -0.182. The van der Waals surface area contributed by atoms with Crippen LogP contribution in [0.5, 0.6) is 0 Å². The van der Waals surface area contributed by atoms with Gasteiger partial charge >= 0.3 is 0 Å². The zero-order valence-electron chi connectivity index (χ0n) is 5.86. The second kappa shape index (κ2) is 3.57. The molecule has 10 heavy (non-hydrogen) atoms. The fourth-order valence-corrected chi connectivity index (χ4v) is 1.51. The van der Waals surface area contributed by atoms with Gasteiger partial charge in [-0.3, -0.25) is 0 Å². The normalized spacial score (nSPS) is 41.7. The van der Waals surface area contributed by atoms with Crippen molar-refractivity contribution < 1.29 is 14.9 Å². The maximum Gasteiger partial charge on any atom is 0.105 e. The Bertz CT molecular complexity index is 109. The van der Waals surface area contributed by atoms with Crippen molar-refractivity contribution in [3.8, 4) is 0 Å². The van der Waals surface area contributed by atoms with E-state index in [0.29, 0.717) is 6.42 Å². The lowest BCUT2D eigenvalue weighted by molar-refractivity contribution is -0.0953. The number of ether oxygens (including phenoxy) is 1. The van der Waals surface area contributed by atoms with Crippen molar-refractivity contribution in [2.75, 3.05) is 12.9 Å². The van der Waals surface area contributed by atoms with E-state index in [1.807, 2.05) is 6.26 Å². The van der Waals surface area contributed by atoms with E-state index in [0.717, 1.165) is 0 Å². The van der Waals surface area contributed by atoms with Crippen molar-refractivity contribution in [3.05, 3.63) is 0 Å². The van der Waals surface area contributed by atoms with Gasteiger partial charge in [-0.05, 0) is 6.26 Å². The summed E-state index contributed by atoms with van der Waals surface area (Å²) in [5.41, 5.74) is 0.0541. The summed E-state index contributed by atoms with van der Waals surface area (Å²) in [5, 5.41) is 18.1. The molecule has 0 aromatic heterocycles. The van der Waals surface area contributed by atoms with Crippen molar-refractivity contribution >= 4 is 11.8 Å². The minimum absolute atomic E-state index is 0.0541. The van der Waals surface area contributed by atoms with Gasteiger partial charge in [-0.2, -0.15) is 0 Å². The monoisotopic (exact) mass is 164 g/mol. The molecular weight excluding hydrogens is 152 g/mol. The van der Waals surface area contributed by atoms with Gasteiger partial charge in [-0.25, -0.2) is 0 Å². The summed E-state index contributed by atoms with van der Waals surface area (Å²) in [4.78, 5) is 0. The molecule has 4 heteroatoms. The number of hydrogen-bond acceptors (Lipinski definition) is 4. The van der Waals surface area contributed by atoms with E-state index in [1.165, 1.54) is 0 Å². The first kappa shape index (κ1) is 8.33. The molecule has 0 bridgehead atoms. The summed E-state index contributed by atoms with van der Waals surface area (Å²) in [5.74, 6) is 0. The van der Waals surface area contributed by atoms with E-state index in [1.54, 1.807) is 11.8 Å². The van der Waals surface area contributed by atoms with Gasteiger partial charge < -0.3 is 14.9 Å². The molecule has 1 heterocycles. The van der Waals surface area contributed by atoms with Gasteiger partial charge in [0.1, 0.15) is 11.5 Å². The van der Waals surface area contributed by atoms with Gasteiger partial charge in [-0.1, -0.05) is 0 Å². The van der Waals surface area contributed by atoms with E-state index >= 15 is 0 Å². The molecule has 60 valence electrons. The van der Waals surface area contributed by atoms with E-state index in [-0.39, 0.29) is 12.0 Å². The molecule has 1 saturated heterocycles.